The Bertz CT molecular complexity index is 447. The van der Waals surface area contributed by atoms with Gasteiger partial charge >= 0.3 is 12.1 Å². The van der Waals surface area contributed by atoms with Crippen LogP contribution in [0.25, 0.3) is 0 Å². The molecule has 1 N–H and O–H groups in total. The molecule has 0 fully saturated rings. The summed E-state index contributed by atoms with van der Waals surface area (Å²) >= 11 is 3.12. The van der Waals surface area contributed by atoms with Crippen molar-refractivity contribution in [2.24, 2.45) is 0 Å². The van der Waals surface area contributed by atoms with E-state index in [1.54, 1.807) is 43.4 Å². The van der Waals surface area contributed by atoms with E-state index in [1.165, 1.54) is 11.8 Å². The summed E-state index contributed by atoms with van der Waals surface area (Å²) in [5, 5.41) is 2.46. The first-order chi connectivity index (χ1) is 9.69. The average Bonchev–Trinajstić information content (AvgIpc) is 2.35. The van der Waals surface area contributed by atoms with E-state index >= 15 is 0 Å². The molecule has 0 saturated carbocycles. The van der Waals surface area contributed by atoms with Crippen LogP contribution in [-0.4, -0.2) is 39.3 Å². The number of terminal acetylenes is 2. The molecule has 0 aromatic carbocycles. The molecule has 0 spiro atoms. The van der Waals surface area contributed by atoms with Crippen LogP contribution in [0, 0.1) is 24.7 Å². The van der Waals surface area contributed by atoms with Gasteiger partial charge in [0.05, 0.1) is 5.75 Å². The van der Waals surface area contributed by atoms with E-state index < -0.39 is 27.8 Å². The second-order valence-corrected chi connectivity index (χ2v) is 7.00. The van der Waals surface area contributed by atoms with Crippen molar-refractivity contribution in [3.63, 3.8) is 0 Å². The number of carbonyl (C=O) groups excluding carboxylic acids is 2. The number of hydrogen-bond donors (Lipinski definition) is 1. The van der Waals surface area contributed by atoms with E-state index in [4.69, 9.17) is 22.3 Å². The Balaban J connectivity index is 4.66. The summed E-state index contributed by atoms with van der Waals surface area (Å²) in [5.41, 5.74) is -0.658. The highest BCUT2D eigenvalue weighted by molar-refractivity contribution is 14.1. The van der Waals surface area contributed by atoms with Crippen molar-refractivity contribution >= 4 is 46.4 Å². The van der Waals surface area contributed by atoms with E-state index in [0.29, 0.717) is 5.75 Å². The van der Waals surface area contributed by atoms with Gasteiger partial charge in [-0.25, -0.2) is 9.59 Å². The maximum absolute atomic E-state index is 11.9. The molecule has 0 heterocycles. The van der Waals surface area contributed by atoms with E-state index in [9.17, 15) is 9.59 Å². The lowest BCUT2D eigenvalue weighted by Gasteiger charge is -2.23. The minimum atomic E-state index is -0.871. The second kappa shape index (κ2) is 9.80. The van der Waals surface area contributed by atoms with E-state index in [0.717, 1.165) is 0 Å². The number of ether oxygens (including phenoxy) is 2. The average molecular weight is 423 g/mol. The topological polar surface area (TPSA) is 64.6 Å². The lowest BCUT2D eigenvalue weighted by Crippen LogP contribution is -2.46. The summed E-state index contributed by atoms with van der Waals surface area (Å²) in [6.45, 7) is 5.19. The van der Waals surface area contributed by atoms with Gasteiger partial charge in [-0.05, 0) is 43.4 Å². The first-order valence-electron chi connectivity index (χ1n) is 6.01. The molecule has 1 amide bonds. The van der Waals surface area contributed by atoms with Crippen molar-refractivity contribution in [2.75, 3.05) is 11.5 Å². The van der Waals surface area contributed by atoms with Crippen LogP contribution in [0.3, 0.4) is 0 Å². The lowest BCUT2D eigenvalue weighted by atomic mass is 10.2. The molecule has 0 rings (SSSR count). The molecule has 2 atom stereocenters. The van der Waals surface area contributed by atoms with Crippen LogP contribution < -0.4 is 5.32 Å². The van der Waals surface area contributed by atoms with Crippen molar-refractivity contribution in [3.05, 3.63) is 0 Å². The maximum atomic E-state index is 11.9. The third kappa shape index (κ3) is 10.3. The van der Waals surface area contributed by atoms with Gasteiger partial charge in [-0.2, -0.15) is 0 Å². The molecule has 21 heavy (non-hydrogen) atoms. The molecule has 1 unspecified atom stereocenters. The molecule has 5 nitrogen and oxygen atoms in total. The minimum Gasteiger partial charge on any atom is -0.444 e. The fourth-order valence-electron chi connectivity index (χ4n) is 1.07. The number of amides is 1. The summed E-state index contributed by atoms with van der Waals surface area (Å²) in [7, 11) is 0. The number of halogens is 1. The first kappa shape index (κ1) is 19.9. The predicted octanol–water partition coefficient (Wildman–Crippen LogP) is 2.18. The van der Waals surface area contributed by atoms with Crippen LogP contribution in [0.5, 0.6) is 0 Å². The zero-order valence-electron chi connectivity index (χ0n) is 12.1. The normalized spacial score (nSPS) is 13.2. The van der Waals surface area contributed by atoms with Crippen molar-refractivity contribution in [1.82, 2.24) is 5.32 Å². The second-order valence-electron chi connectivity index (χ2n) is 4.84. The van der Waals surface area contributed by atoms with Gasteiger partial charge in [0.15, 0.2) is 0 Å². The van der Waals surface area contributed by atoms with Gasteiger partial charge in [-0.1, -0.05) is 11.8 Å². The number of esters is 1. The number of hydrogen-bond acceptors (Lipinski definition) is 5. The Morgan fingerprint density at radius 1 is 1.38 bits per heavy atom. The van der Waals surface area contributed by atoms with E-state index in [1.807, 2.05) is 0 Å². The van der Waals surface area contributed by atoms with Crippen LogP contribution in [0.2, 0.25) is 0 Å². The van der Waals surface area contributed by atoms with Crippen LogP contribution >= 0.6 is 34.4 Å². The Labute approximate surface area is 143 Å². The zero-order valence-corrected chi connectivity index (χ0v) is 15.1. The molecule has 7 heteroatoms. The molecule has 0 aromatic rings. The summed E-state index contributed by atoms with van der Waals surface area (Å²) in [6, 6.07) is -0.871. The molecule has 0 radical (unpaired) electrons. The highest BCUT2D eigenvalue weighted by Gasteiger charge is 2.26. The number of rotatable bonds is 6. The number of alkyl halides is 1. The van der Waals surface area contributed by atoms with Crippen molar-refractivity contribution < 1.29 is 19.1 Å². The lowest BCUT2D eigenvalue weighted by molar-refractivity contribution is -0.144. The van der Waals surface area contributed by atoms with Gasteiger partial charge in [0.1, 0.15) is 11.6 Å². The standard InChI is InChI=1S/C14H18INO4S/c1-6-8-21-9-10(12(17)19-11(15)7-2)16-13(18)20-14(3,4)5/h1-2,10-11H,8-9H2,3-5H3,(H,16,18)/t10-,11?/m0/s1. The third-order valence-electron chi connectivity index (χ3n) is 1.80. The Kier molecular flexibility index (Phi) is 9.31. The highest BCUT2D eigenvalue weighted by Crippen LogP contribution is 2.10. The Morgan fingerprint density at radius 2 is 2.00 bits per heavy atom. The Morgan fingerprint density at radius 3 is 2.48 bits per heavy atom. The fourth-order valence-corrected chi connectivity index (χ4v) is 2.01. The summed E-state index contributed by atoms with van der Waals surface area (Å²) < 4.78 is 9.41. The highest BCUT2D eigenvalue weighted by atomic mass is 127. The summed E-state index contributed by atoms with van der Waals surface area (Å²) in [6.07, 6.45) is 9.60. The number of carbonyl (C=O) groups is 2. The fraction of sp³-hybridized carbons (Fsp3) is 0.571. The summed E-state index contributed by atoms with van der Waals surface area (Å²) in [5.74, 6) is 4.78. The van der Waals surface area contributed by atoms with Crippen LogP contribution in [-0.2, 0) is 14.3 Å². The van der Waals surface area contributed by atoms with Crippen molar-refractivity contribution in [3.8, 4) is 24.7 Å². The molecule has 0 aliphatic heterocycles. The summed E-state index contributed by atoms with van der Waals surface area (Å²) in [4.78, 5) is 23.7. The first-order valence-corrected chi connectivity index (χ1v) is 8.41. The maximum Gasteiger partial charge on any atom is 0.408 e. The Hall–Kier alpha value is -1.06. The molecule has 0 saturated heterocycles. The van der Waals surface area contributed by atoms with Gasteiger partial charge in [0, 0.05) is 5.75 Å². The predicted molar refractivity (Wildman–Crippen MR) is 92.0 cm³/mol. The minimum absolute atomic E-state index is 0.274. The van der Waals surface area contributed by atoms with Gasteiger partial charge in [-0.3, -0.25) is 0 Å². The van der Waals surface area contributed by atoms with Crippen LogP contribution in [0.15, 0.2) is 0 Å². The number of alkyl carbamates (subject to hydrolysis) is 1. The molecule has 0 bridgehead atoms. The molecule has 0 aliphatic rings. The van der Waals surface area contributed by atoms with Crippen LogP contribution in [0.1, 0.15) is 20.8 Å². The molecule has 116 valence electrons. The smallest absolute Gasteiger partial charge is 0.408 e. The monoisotopic (exact) mass is 423 g/mol. The molecular formula is C14H18INO4S. The van der Waals surface area contributed by atoms with Crippen LogP contribution in [0.4, 0.5) is 4.79 Å². The van der Waals surface area contributed by atoms with E-state index in [-0.39, 0.29) is 5.75 Å². The SMILES string of the molecule is C#CCSC[C@H](NC(=O)OC(C)(C)C)C(=O)OC(I)C#C. The van der Waals surface area contributed by atoms with E-state index in [2.05, 4.69) is 17.2 Å². The molecular weight excluding hydrogens is 405 g/mol. The van der Waals surface area contributed by atoms with Gasteiger partial charge in [0.2, 0.25) is 4.11 Å². The van der Waals surface area contributed by atoms with Gasteiger partial charge < -0.3 is 14.8 Å². The quantitative estimate of drug-likeness (QED) is 0.233. The van der Waals surface area contributed by atoms with Crippen molar-refractivity contribution in [1.29, 1.82) is 0 Å². The number of nitrogens with one attached hydrogen (secondary N) is 1. The molecule has 0 aromatic heterocycles. The van der Waals surface area contributed by atoms with Gasteiger partial charge in [0.25, 0.3) is 0 Å². The largest absolute Gasteiger partial charge is 0.444 e. The van der Waals surface area contributed by atoms with Gasteiger partial charge in [-0.15, -0.1) is 24.6 Å². The zero-order chi connectivity index (χ0) is 16.5. The third-order valence-corrected chi connectivity index (χ3v) is 3.35. The van der Waals surface area contributed by atoms with Crippen molar-refractivity contribution in [2.45, 2.75) is 36.5 Å². The molecule has 0 aliphatic carbocycles. The number of thioether (sulfide) groups is 1.